The molecule has 0 amide bonds. The minimum Gasteiger partial charge on any atom is -0.390 e. The molecule has 0 unspecified atom stereocenters. The number of aromatic nitrogens is 1. The summed E-state index contributed by atoms with van der Waals surface area (Å²) in [5.41, 5.74) is 0.286. The predicted octanol–water partition coefficient (Wildman–Crippen LogP) is 0.526. The number of nitrogens with zero attached hydrogens (tertiary/aromatic N) is 1. The normalized spacial score (nSPS) is 9.64. The predicted molar refractivity (Wildman–Crippen MR) is 35.5 cm³/mol. The van der Waals surface area contributed by atoms with Crippen LogP contribution >= 0.6 is 0 Å². The van der Waals surface area contributed by atoms with Crippen molar-refractivity contribution in [3.05, 3.63) is 29.3 Å². The molecule has 0 saturated carbocycles. The standard InChI is InChI=1S/C7H6FNO2/c8-6-1-5(3-10)7(4-11)9-2-6/h1-3,11H,4H2. The summed E-state index contributed by atoms with van der Waals surface area (Å²) in [5.74, 6) is -0.579. The van der Waals surface area contributed by atoms with E-state index < -0.39 is 5.82 Å². The van der Waals surface area contributed by atoms with E-state index >= 15 is 0 Å². The molecule has 1 aromatic heterocycles. The number of carbonyl (C=O) groups excluding carboxylic acids is 1. The maximum Gasteiger partial charge on any atom is 0.152 e. The third-order valence-electron chi connectivity index (χ3n) is 1.25. The lowest BCUT2D eigenvalue weighted by molar-refractivity contribution is 0.111. The van der Waals surface area contributed by atoms with Gasteiger partial charge >= 0.3 is 0 Å². The van der Waals surface area contributed by atoms with E-state index in [4.69, 9.17) is 5.11 Å². The Hall–Kier alpha value is -1.29. The molecule has 11 heavy (non-hydrogen) atoms. The second-order valence-corrected chi connectivity index (χ2v) is 1.97. The highest BCUT2D eigenvalue weighted by atomic mass is 19.1. The molecule has 0 saturated heterocycles. The molecule has 0 aliphatic carbocycles. The first kappa shape index (κ1) is 7.81. The zero-order valence-electron chi connectivity index (χ0n) is 5.62. The third kappa shape index (κ3) is 1.59. The Morgan fingerprint density at radius 3 is 3.00 bits per heavy atom. The minimum atomic E-state index is -0.579. The SMILES string of the molecule is O=Cc1cc(F)cnc1CO. The van der Waals surface area contributed by atoms with Crippen LogP contribution in [-0.2, 0) is 6.61 Å². The summed E-state index contributed by atoms with van der Waals surface area (Å²) in [5, 5.41) is 8.60. The minimum absolute atomic E-state index is 0.0903. The molecule has 1 N–H and O–H groups in total. The van der Waals surface area contributed by atoms with Gasteiger partial charge in [0.05, 0.1) is 18.5 Å². The Morgan fingerprint density at radius 2 is 2.45 bits per heavy atom. The van der Waals surface area contributed by atoms with Crippen molar-refractivity contribution in [2.45, 2.75) is 6.61 Å². The number of pyridine rings is 1. The van der Waals surface area contributed by atoms with Crippen molar-refractivity contribution in [2.75, 3.05) is 0 Å². The fraction of sp³-hybridized carbons (Fsp3) is 0.143. The van der Waals surface area contributed by atoms with Gasteiger partial charge in [-0.05, 0) is 6.07 Å². The van der Waals surface area contributed by atoms with Crippen LogP contribution in [0.15, 0.2) is 12.3 Å². The van der Waals surface area contributed by atoms with Crippen LogP contribution < -0.4 is 0 Å². The maximum absolute atomic E-state index is 12.4. The van der Waals surface area contributed by atoms with Crippen LogP contribution in [-0.4, -0.2) is 16.4 Å². The van der Waals surface area contributed by atoms with Crippen molar-refractivity contribution in [3.63, 3.8) is 0 Å². The van der Waals surface area contributed by atoms with Crippen LogP contribution in [0.2, 0.25) is 0 Å². The Morgan fingerprint density at radius 1 is 1.73 bits per heavy atom. The highest BCUT2D eigenvalue weighted by molar-refractivity contribution is 5.76. The number of hydrogen-bond donors (Lipinski definition) is 1. The molecule has 1 aromatic rings. The Balaban J connectivity index is 3.16. The van der Waals surface area contributed by atoms with Gasteiger partial charge in [-0.15, -0.1) is 0 Å². The van der Waals surface area contributed by atoms with E-state index in [1.54, 1.807) is 0 Å². The second-order valence-electron chi connectivity index (χ2n) is 1.97. The third-order valence-corrected chi connectivity index (χ3v) is 1.25. The molecule has 1 rings (SSSR count). The topological polar surface area (TPSA) is 50.2 Å². The van der Waals surface area contributed by atoms with Crippen LogP contribution in [0.3, 0.4) is 0 Å². The van der Waals surface area contributed by atoms with E-state index in [1.807, 2.05) is 0 Å². The summed E-state index contributed by atoms with van der Waals surface area (Å²) in [7, 11) is 0. The van der Waals surface area contributed by atoms with Gasteiger partial charge in [-0.1, -0.05) is 0 Å². The Labute approximate surface area is 62.5 Å². The van der Waals surface area contributed by atoms with E-state index in [0.717, 1.165) is 12.3 Å². The van der Waals surface area contributed by atoms with Gasteiger partial charge in [0.2, 0.25) is 0 Å². The van der Waals surface area contributed by atoms with Crippen molar-refractivity contribution in [1.82, 2.24) is 4.98 Å². The number of carbonyl (C=O) groups is 1. The first-order chi connectivity index (χ1) is 5.27. The van der Waals surface area contributed by atoms with E-state index in [9.17, 15) is 9.18 Å². The molecule has 3 nitrogen and oxygen atoms in total. The molecule has 0 radical (unpaired) electrons. The highest BCUT2D eigenvalue weighted by Gasteiger charge is 2.02. The molecule has 0 aliphatic rings. The van der Waals surface area contributed by atoms with Crippen molar-refractivity contribution in [3.8, 4) is 0 Å². The van der Waals surface area contributed by atoms with Crippen LogP contribution in [0.5, 0.6) is 0 Å². The van der Waals surface area contributed by atoms with Gasteiger partial charge in [-0.25, -0.2) is 4.39 Å². The fourth-order valence-corrected chi connectivity index (χ4v) is 0.717. The van der Waals surface area contributed by atoms with Crippen molar-refractivity contribution in [1.29, 1.82) is 0 Å². The van der Waals surface area contributed by atoms with Crippen molar-refractivity contribution < 1.29 is 14.3 Å². The van der Waals surface area contributed by atoms with Crippen molar-refractivity contribution >= 4 is 6.29 Å². The summed E-state index contributed by atoms with van der Waals surface area (Å²) >= 11 is 0. The highest BCUT2D eigenvalue weighted by Crippen LogP contribution is 2.04. The number of hydrogen-bond acceptors (Lipinski definition) is 3. The smallest absolute Gasteiger partial charge is 0.152 e. The molecule has 0 spiro atoms. The molecule has 1 heterocycles. The van der Waals surface area contributed by atoms with Crippen LogP contribution in [0.25, 0.3) is 0 Å². The monoisotopic (exact) mass is 155 g/mol. The summed E-state index contributed by atoms with van der Waals surface area (Å²) in [6.07, 6.45) is 1.42. The molecule has 4 heteroatoms. The number of halogens is 1. The summed E-state index contributed by atoms with van der Waals surface area (Å²) < 4.78 is 12.4. The average Bonchev–Trinajstić information content (AvgIpc) is 2.04. The van der Waals surface area contributed by atoms with E-state index in [-0.39, 0.29) is 17.9 Å². The largest absolute Gasteiger partial charge is 0.390 e. The van der Waals surface area contributed by atoms with E-state index in [2.05, 4.69) is 4.98 Å². The van der Waals surface area contributed by atoms with Gasteiger partial charge in [-0.2, -0.15) is 0 Å². The van der Waals surface area contributed by atoms with Gasteiger partial charge < -0.3 is 5.11 Å². The number of aliphatic hydroxyl groups is 1. The Bertz CT molecular complexity index is 275. The second kappa shape index (κ2) is 3.21. The molecule has 0 fully saturated rings. The quantitative estimate of drug-likeness (QED) is 0.633. The average molecular weight is 155 g/mol. The van der Waals surface area contributed by atoms with E-state index in [0.29, 0.717) is 6.29 Å². The Kier molecular flexibility index (Phi) is 2.28. The van der Waals surface area contributed by atoms with Gasteiger partial charge in [0, 0.05) is 5.56 Å². The van der Waals surface area contributed by atoms with Crippen LogP contribution in [0.4, 0.5) is 4.39 Å². The molecule has 0 aliphatic heterocycles. The number of aldehydes is 1. The van der Waals surface area contributed by atoms with Gasteiger partial charge in [0.1, 0.15) is 5.82 Å². The molecule has 0 bridgehead atoms. The lowest BCUT2D eigenvalue weighted by atomic mass is 10.2. The summed E-state index contributed by atoms with van der Waals surface area (Å²) in [6.45, 7) is -0.353. The van der Waals surface area contributed by atoms with Crippen LogP contribution in [0.1, 0.15) is 16.1 Å². The lowest BCUT2D eigenvalue weighted by Crippen LogP contribution is -1.97. The lowest BCUT2D eigenvalue weighted by Gasteiger charge is -1.97. The molecular weight excluding hydrogens is 149 g/mol. The van der Waals surface area contributed by atoms with Gasteiger partial charge in [-0.3, -0.25) is 9.78 Å². The van der Waals surface area contributed by atoms with Gasteiger partial charge in [0.25, 0.3) is 0 Å². The molecule has 0 aromatic carbocycles. The molecular formula is C7H6FNO2. The zero-order valence-corrected chi connectivity index (χ0v) is 5.62. The number of aliphatic hydroxyl groups excluding tert-OH is 1. The maximum atomic E-state index is 12.4. The zero-order chi connectivity index (χ0) is 8.27. The first-order valence-electron chi connectivity index (χ1n) is 2.98. The first-order valence-corrected chi connectivity index (χ1v) is 2.98. The molecule has 0 atom stereocenters. The number of rotatable bonds is 2. The van der Waals surface area contributed by atoms with E-state index in [1.165, 1.54) is 0 Å². The van der Waals surface area contributed by atoms with Gasteiger partial charge in [0.15, 0.2) is 6.29 Å². The van der Waals surface area contributed by atoms with Crippen molar-refractivity contribution in [2.24, 2.45) is 0 Å². The molecule has 58 valence electrons. The summed E-state index contributed by atoms with van der Waals surface area (Å²) in [4.78, 5) is 13.7. The summed E-state index contributed by atoms with van der Waals surface area (Å²) in [6, 6.07) is 1.03. The fourth-order valence-electron chi connectivity index (χ4n) is 0.717. The van der Waals surface area contributed by atoms with Crippen LogP contribution in [0, 0.1) is 5.82 Å².